The monoisotopic (exact) mass is 265 g/mol. The third kappa shape index (κ3) is 3.61. The number of hydrogen-bond acceptors (Lipinski definition) is 4. The maximum absolute atomic E-state index is 9.65. The second kappa shape index (κ2) is 6.78. The van der Waals surface area contributed by atoms with Crippen molar-refractivity contribution in [3.8, 4) is 11.5 Å². The van der Waals surface area contributed by atoms with Crippen molar-refractivity contribution in [3.05, 3.63) is 24.3 Å². The molecule has 0 aliphatic carbocycles. The molecule has 1 heterocycles. The highest BCUT2D eigenvalue weighted by atomic mass is 16.5. The molecular weight excluding hydrogens is 242 g/mol. The quantitative estimate of drug-likeness (QED) is 0.822. The van der Waals surface area contributed by atoms with Crippen molar-refractivity contribution in [3.63, 3.8) is 0 Å². The lowest BCUT2D eigenvalue weighted by molar-refractivity contribution is 0.117. The Morgan fingerprint density at radius 3 is 2.84 bits per heavy atom. The Balaban J connectivity index is 1.88. The van der Waals surface area contributed by atoms with Gasteiger partial charge >= 0.3 is 0 Å². The van der Waals surface area contributed by atoms with Gasteiger partial charge in [0.1, 0.15) is 0 Å². The van der Waals surface area contributed by atoms with Gasteiger partial charge in [0, 0.05) is 19.1 Å². The van der Waals surface area contributed by atoms with Gasteiger partial charge in [-0.1, -0.05) is 19.1 Å². The van der Waals surface area contributed by atoms with Gasteiger partial charge in [-0.05, 0) is 37.6 Å². The molecular formula is C15H23NO3. The minimum atomic E-state index is 0.135. The Hall–Kier alpha value is -1.26. The lowest BCUT2D eigenvalue weighted by Gasteiger charge is -2.22. The number of aromatic hydroxyl groups is 1. The molecule has 0 bridgehead atoms. The van der Waals surface area contributed by atoms with E-state index in [-0.39, 0.29) is 18.3 Å². The summed E-state index contributed by atoms with van der Waals surface area (Å²) in [5.41, 5.74) is 0. The van der Waals surface area contributed by atoms with Crippen LogP contribution in [0.5, 0.6) is 11.5 Å². The highest BCUT2D eigenvalue weighted by Crippen LogP contribution is 2.28. The Kier molecular flexibility index (Phi) is 5.05. The highest BCUT2D eigenvalue weighted by molar-refractivity contribution is 5.37. The largest absolute Gasteiger partial charge is 0.504 e. The molecule has 2 atom stereocenters. The second-order valence-electron chi connectivity index (χ2n) is 5.16. The van der Waals surface area contributed by atoms with E-state index >= 15 is 0 Å². The average Bonchev–Trinajstić information content (AvgIpc) is 2.90. The van der Waals surface area contributed by atoms with Crippen molar-refractivity contribution in [2.24, 2.45) is 11.8 Å². The van der Waals surface area contributed by atoms with Crippen LogP contribution in [0.3, 0.4) is 0 Å². The minimum Gasteiger partial charge on any atom is -0.504 e. The number of para-hydroxylation sites is 2. The van der Waals surface area contributed by atoms with Gasteiger partial charge < -0.3 is 19.8 Å². The number of phenols is 1. The van der Waals surface area contributed by atoms with Crippen molar-refractivity contribution in [2.45, 2.75) is 13.3 Å². The van der Waals surface area contributed by atoms with Crippen LogP contribution in [0, 0.1) is 11.8 Å². The van der Waals surface area contributed by atoms with Crippen LogP contribution in [-0.2, 0) is 0 Å². The van der Waals surface area contributed by atoms with E-state index in [0.29, 0.717) is 18.3 Å². The van der Waals surface area contributed by atoms with Gasteiger partial charge in [0.2, 0.25) is 0 Å². The number of hydrogen-bond donors (Lipinski definition) is 2. The molecule has 1 aliphatic heterocycles. The first-order chi connectivity index (χ1) is 9.24. The fraction of sp³-hybridized carbons (Fsp3) is 0.600. The van der Waals surface area contributed by atoms with Gasteiger partial charge in [-0.3, -0.25) is 0 Å². The molecule has 2 rings (SSSR count). The molecule has 19 heavy (non-hydrogen) atoms. The Morgan fingerprint density at radius 1 is 1.42 bits per heavy atom. The predicted octanol–water partition coefficient (Wildman–Crippen LogP) is 1.72. The molecule has 106 valence electrons. The van der Waals surface area contributed by atoms with Crippen molar-refractivity contribution in [2.75, 3.05) is 32.8 Å². The van der Waals surface area contributed by atoms with Gasteiger partial charge in [-0.2, -0.15) is 0 Å². The van der Waals surface area contributed by atoms with Crippen molar-refractivity contribution in [1.29, 1.82) is 0 Å². The van der Waals surface area contributed by atoms with Crippen LogP contribution in [0.15, 0.2) is 24.3 Å². The third-order valence-electron chi connectivity index (χ3n) is 3.98. The number of nitrogens with zero attached hydrogens (tertiary/aromatic N) is 1. The zero-order chi connectivity index (χ0) is 13.7. The van der Waals surface area contributed by atoms with Gasteiger partial charge in [-0.15, -0.1) is 0 Å². The summed E-state index contributed by atoms with van der Waals surface area (Å²) in [5.74, 6) is 1.26. The van der Waals surface area contributed by atoms with Crippen LogP contribution < -0.4 is 4.74 Å². The summed E-state index contributed by atoms with van der Waals surface area (Å²) >= 11 is 0. The summed E-state index contributed by atoms with van der Waals surface area (Å²) in [6.45, 7) is 5.95. The van der Waals surface area contributed by atoms with E-state index in [9.17, 15) is 10.2 Å². The lowest BCUT2D eigenvalue weighted by atomic mass is 9.93. The minimum absolute atomic E-state index is 0.135. The molecule has 0 amide bonds. The molecule has 1 aromatic rings. The maximum Gasteiger partial charge on any atom is 0.160 e. The van der Waals surface area contributed by atoms with Crippen molar-refractivity contribution >= 4 is 0 Å². The van der Waals surface area contributed by atoms with Crippen molar-refractivity contribution in [1.82, 2.24) is 4.90 Å². The standard InChI is InChI=1S/C15H23NO3/c1-2-16-8-7-12(9-16)13(10-17)11-19-15-6-4-3-5-14(15)18/h3-6,12-13,17-18H,2,7-11H2,1H3. The highest BCUT2D eigenvalue weighted by Gasteiger charge is 2.28. The van der Waals surface area contributed by atoms with E-state index in [2.05, 4.69) is 11.8 Å². The van der Waals surface area contributed by atoms with E-state index < -0.39 is 0 Å². The molecule has 4 nitrogen and oxygen atoms in total. The second-order valence-corrected chi connectivity index (χ2v) is 5.16. The molecule has 0 aromatic heterocycles. The van der Waals surface area contributed by atoms with Crippen molar-refractivity contribution < 1.29 is 14.9 Å². The number of ether oxygens (including phenoxy) is 1. The average molecular weight is 265 g/mol. The summed E-state index contributed by atoms with van der Waals surface area (Å²) in [5, 5.41) is 19.2. The molecule has 4 heteroatoms. The number of benzene rings is 1. The van der Waals surface area contributed by atoms with E-state index in [1.807, 2.05) is 6.07 Å². The molecule has 2 unspecified atom stereocenters. The molecule has 0 saturated carbocycles. The lowest BCUT2D eigenvalue weighted by Crippen LogP contribution is -2.28. The third-order valence-corrected chi connectivity index (χ3v) is 3.98. The van der Waals surface area contributed by atoms with Crippen LogP contribution in [0.1, 0.15) is 13.3 Å². The van der Waals surface area contributed by atoms with Crippen LogP contribution in [0.2, 0.25) is 0 Å². The Morgan fingerprint density at radius 2 is 2.21 bits per heavy atom. The van der Waals surface area contributed by atoms with E-state index in [1.54, 1.807) is 18.2 Å². The molecule has 1 fully saturated rings. The van der Waals surface area contributed by atoms with Crippen LogP contribution in [-0.4, -0.2) is 48.0 Å². The molecule has 1 saturated heterocycles. The van der Waals surface area contributed by atoms with Crippen LogP contribution >= 0.6 is 0 Å². The molecule has 0 spiro atoms. The molecule has 1 aliphatic rings. The fourth-order valence-corrected chi connectivity index (χ4v) is 2.65. The first-order valence-corrected chi connectivity index (χ1v) is 6.98. The maximum atomic E-state index is 9.65. The molecule has 2 N–H and O–H groups in total. The number of aliphatic hydroxyl groups is 1. The predicted molar refractivity (Wildman–Crippen MR) is 74.4 cm³/mol. The smallest absolute Gasteiger partial charge is 0.160 e. The topological polar surface area (TPSA) is 52.9 Å². The SMILES string of the molecule is CCN1CCC(C(CO)COc2ccccc2O)C1. The Labute approximate surface area is 114 Å². The molecule has 1 aromatic carbocycles. The van der Waals surface area contributed by atoms with Gasteiger partial charge in [0.05, 0.1) is 6.61 Å². The first kappa shape index (κ1) is 14.2. The van der Waals surface area contributed by atoms with Gasteiger partial charge in [0.25, 0.3) is 0 Å². The van der Waals surface area contributed by atoms with Crippen LogP contribution in [0.4, 0.5) is 0 Å². The zero-order valence-electron chi connectivity index (χ0n) is 11.5. The van der Waals surface area contributed by atoms with E-state index in [0.717, 1.165) is 26.1 Å². The van der Waals surface area contributed by atoms with Gasteiger partial charge in [0.15, 0.2) is 11.5 Å². The Bertz CT molecular complexity index is 397. The fourth-order valence-electron chi connectivity index (χ4n) is 2.65. The number of rotatable bonds is 6. The normalized spacial score (nSPS) is 21.5. The van der Waals surface area contributed by atoms with Gasteiger partial charge in [-0.25, -0.2) is 0 Å². The summed E-state index contributed by atoms with van der Waals surface area (Å²) in [4.78, 5) is 2.40. The number of phenolic OH excluding ortho intramolecular Hbond substituents is 1. The first-order valence-electron chi connectivity index (χ1n) is 6.98. The summed E-state index contributed by atoms with van der Waals surface area (Å²) in [6.07, 6.45) is 1.11. The molecule has 0 radical (unpaired) electrons. The summed E-state index contributed by atoms with van der Waals surface area (Å²) in [6, 6.07) is 6.95. The number of aliphatic hydroxyl groups excluding tert-OH is 1. The summed E-state index contributed by atoms with van der Waals surface area (Å²) in [7, 11) is 0. The number of likely N-dealkylation sites (tertiary alicyclic amines) is 1. The van der Waals surface area contributed by atoms with Crippen LogP contribution in [0.25, 0.3) is 0 Å². The van der Waals surface area contributed by atoms with E-state index in [4.69, 9.17) is 4.74 Å². The van der Waals surface area contributed by atoms with E-state index in [1.165, 1.54) is 0 Å². The zero-order valence-corrected chi connectivity index (χ0v) is 11.5. The summed E-state index contributed by atoms with van der Waals surface area (Å²) < 4.78 is 5.64.